The van der Waals surface area contributed by atoms with E-state index in [0.29, 0.717) is 6.42 Å². The van der Waals surface area contributed by atoms with Crippen molar-refractivity contribution in [1.82, 2.24) is 16.0 Å². The lowest BCUT2D eigenvalue weighted by Gasteiger charge is -2.24. The summed E-state index contributed by atoms with van der Waals surface area (Å²) in [5, 5.41) is 16.1. The summed E-state index contributed by atoms with van der Waals surface area (Å²) < 4.78 is 0. The van der Waals surface area contributed by atoms with E-state index in [4.69, 9.17) is 5.11 Å². The molecule has 0 aliphatic rings. The first-order valence-electron chi connectivity index (χ1n) is 5.35. The van der Waals surface area contributed by atoms with E-state index in [9.17, 15) is 14.4 Å². The third-order valence-electron chi connectivity index (χ3n) is 2.53. The summed E-state index contributed by atoms with van der Waals surface area (Å²) in [5.74, 6) is -1.42. The highest BCUT2D eigenvalue weighted by molar-refractivity contribution is 5.94. The van der Waals surface area contributed by atoms with E-state index in [1.165, 1.54) is 7.05 Å². The second-order valence-corrected chi connectivity index (χ2v) is 3.79. The number of carboxylic acid groups (broad SMARTS) is 1. The number of amides is 3. The highest BCUT2D eigenvalue weighted by Crippen LogP contribution is 2.08. The monoisotopic (exact) mass is 245 g/mol. The Bertz CT molecular complexity index is 306. The Morgan fingerprint density at radius 2 is 1.88 bits per heavy atom. The molecule has 0 saturated carbocycles. The van der Waals surface area contributed by atoms with Crippen LogP contribution in [0.2, 0.25) is 0 Å². The summed E-state index contributed by atoms with van der Waals surface area (Å²) in [5.41, 5.74) is -1.05. The van der Waals surface area contributed by atoms with Crippen molar-refractivity contribution in [3.05, 3.63) is 0 Å². The summed E-state index contributed by atoms with van der Waals surface area (Å²) in [6.45, 7) is 3.48. The Morgan fingerprint density at radius 1 is 1.29 bits per heavy atom. The summed E-state index contributed by atoms with van der Waals surface area (Å²) in [6, 6.07) is -0.577. The molecular formula is C10H19N3O4. The van der Waals surface area contributed by atoms with Crippen LogP contribution in [0, 0.1) is 0 Å². The number of carboxylic acids is 1. The van der Waals surface area contributed by atoms with Gasteiger partial charge in [0, 0.05) is 20.0 Å². The van der Waals surface area contributed by atoms with Gasteiger partial charge in [0.25, 0.3) is 0 Å². The standard InChI is InChI=1S/C10H19N3O4/c1-4-10(2,8(15)16)12-6-5-7(14)13-9(17)11-3/h12H,4-6H2,1-3H3,(H,15,16)(H2,11,13,14,17). The molecule has 98 valence electrons. The summed E-state index contributed by atoms with van der Waals surface area (Å²) >= 11 is 0. The highest BCUT2D eigenvalue weighted by Gasteiger charge is 2.30. The Labute approximate surface area is 100.0 Å². The van der Waals surface area contributed by atoms with Crippen molar-refractivity contribution in [2.24, 2.45) is 0 Å². The van der Waals surface area contributed by atoms with Gasteiger partial charge < -0.3 is 15.7 Å². The minimum Gasteiger partial charge on any atom is -0.480 e. The van der Waals surface area contributed by atoms with E-state index >= 15 is 0 Å². The fourth-order valence-corrected chi connectivity index (χ4v) is 1.06. The van der Waals surface area contributed by atoms with Crippen LogP contribution in [-0.2, 0) is 9.59 Å². The smallest absolute Gasteiger partial charge is 0.323 e. The Balaban J connectivity index is 4.02. The van der Waals surface area contributed by atoms with E-state index in [2.05, 4.69) is 16.0 Å². The van der Waals surface area contributed by atoms with E-state index in [1.807, 2.05) is 0 Å². The van der Waals surface area contributed by atoms with Crippen LogP contribution in [0.4, 0.5) is 4.79 Å². The number of imide groups is 1. The molecule has 1 atom stereocenters. The third kappa shape index (κ3) is 5.30. The van der Waals surface area contributed by atoms with Gasteiger partial charge in [-0.3, -0.25) is 14.9 Å². The number of urea groups is 1. The zero-order valence-corrected chi connectivity index (χ0v) is 10.3. The van der Waals surface area contributed by atoms with Gasteiger partial charge in [-0.25, -0.2) is 4.79 Å². The minimum atomic E-state index is -1.05. The van der Waals surface area contributed by atoms with Gasteiger partial charge in [-0.1, -0.05) is 6.92 Å². The van der Waals surface area contributed by atoms with Gasteiger partial charge in [-0.05, 0) is 13.3 Å². The fourth-order valence-electron chi connectivity index (χ4n) is 1.06. The van der Waals surface area contributed by atoms with Crippen LogP contribution in [0.15, 0.2) is 0 Å². The van der Waals surface area contributed by atoms with Crippen LogP contribution in [-0.4, -0.2) is 42.1 Å². The maximum absolute atomic E-state index is 11.2. The molecule has 0 radical (unpaired) electrons. The van der Waals surface area contributed by atoms with Gasteiger partial charge in [0.05, 0.1) is 0 Å². The van der Waals surface area contributed by atoms with Crippen molar-refractivity contribution in [3.8, 4) is 0 Å². The van der Waals surface area contributed by atoms with Gasteiger partial charge >= 0.3 is 12.0 Å². The predicted octanol–water partition coefficient (Wildman–Crippen LogP) is -0.325. The van der Waals surface area contributed by atoms with Crippen LogP contribution in [0.5, 0.6) is 0 Å². The van der Waals surface area contributed by atoms with Crippen molar-refractivity contribution in [2.75, 3.05) is 13.6 Å². The van der Waals surface area contributed by atoms with Crippen molar-refractivity contribution in [1.29, 1.82) is 0 Å². The van der Waals surface area contributed by atoms with Crippen LogP contribution in [0.25, 0.3) is 0 Å². The van der Waals surface area contributed by atoms with Gasteiger partial charge in [0.1, 0.15) is 5.54 Å². The molecule has 0 saturated heterocycles. The van der Waals surface area contributed by atoms with Gasteiger partial charge in [0.15, 0.2) is 0 Å². The fraction of sp³-hybridized carbons (Fsp3) is 0.700. The van der Waals surface area contributed by atoms with Crippen molar-refractivity contribution < 1.29 is 19.5 Å². The maximum atomic E-state index is 11.2. The molecule has 0 aliphatic carbocycles. The number of carbonyl (C=O) groups excluding carboxylic acids is 2. The minimum absolute atomic E-state index is 0.0380. The van der Waals surface area contributed by atoms with Gasteiger partial charge in [-0.2, -0.15) is 0 Å². The Morgan fingerprint density at radius 3 is 2.29 bits per heavy atom. The molecule has 3 amide bonds. The second kappa shape index (κ2) is 6.85. The number of hydrogen-bond donors (Lipinski definition) is 4. The Kier molecular flexibility index (Phi) is 6.19. The third-order valence-corrected chi connectivity index (χ3v) is 2.53. The number of aliphatic carboxylic acids is 1. The molecule has 7 heteroatoms. The first-order chi connectivity index (χ1) is 7.85. The van der Waals surface area contributed by atoms with Crippen LogP contribution in [0.3, 0.4) is 0 Å². The number of nitrogens with one attached hydrogen (secondary N) is 3. The molecule has 7 nitrogen and oxygen atoms in total. The summed E-state index contributed by atoms with van der Waals surface area (Å²) in [4.78, 5) is 32.9. The quantitative estimate of drug-likeness (QED) is 0.513. The molecule has 0 fully saturated rings. The van der Waals surface area contributed by atoms with Gasteiger partial charge in [-0.15, -0.1) is 0 Å². The molecule has 0 heterocycles. The molecule has 0 aromatic heterocycles. The first-order valence-corrected chi connectivity index (χ1v) is 5.35. The molecule has 0 aromatic rings. The maximum Gasteiger partial charge on any atom is 0.323 e. The lowest BCUT2D eigenvalue weighted by molar-refractivity contribution is -0.144. The molecule has 0 aliphatic heterocycles. The topological polar surface area (TPSA) is 108 Å². The van der Waals surface area contributed by atoms with Crippen molar-refractivity contribution in [3.63, 3.8) is 0 Å². The normalized spacial score (nSPS) is 13.6. The summed E-state index contributed by atoms with van der Waals surface area (Å²) in [7, 11) is 1.40. The average molecular weight is 245 g/mol. The first kappa shape index (κ1) is 15.4. The SMILES string of the molecule is CCC(C)(NCCC(=O)NC(=O)NC)C(=O)O. The predicted molar refractivity (Wildman–Crippen MR) is 61.5 cm³/mol. The van der Waals surface area contributed by atoms with E-state index in [-0.39, 0.29) is 13.0 Å². The van der Waals surface area contributed by atoms with E-state index in [0.717, 1.165) is 0 Å². The lowest BCUT2D eigenvalue weighted by atomic mass is 9.99. The molecule has 0 bridgehead atoms. The molecule has 4 N–H and O–H groups in total. The van der Waals surface area contributed by atoms with Crippen LogP contribution < -0.4 is 16.0 Å². The zero-order valence-electron chi connectivity index (χ0n) is 10.3. The average Bonchev–Trinajstić information content (AvgIpc) is 2.28. The number of hydrogen-bond acceptors (Lipinski definition) is 4. The van der Waals surface area contributed by atoms with Crippen molar-refractivity contribution >= 4 is 17.9 Å². The number of carbonyl (C=O) groups is 3. The number of rotatable bonds is 6. The zero-order chi connectivity index (χ0) is 13.5. The van der Waals surface area contributed by atoms with Crippen molar-refractivity contribution in [2.45, 2.75) is 32.2 Å². The van der Waals surface area contributed by atoms with Crippen LogP contribution in [0.1, 0.15) is 26.7 Å². The molecule has 0 aromatic carbocycles. The Hall–Kier alpha value is -1.63. The summed E-state index contributed by atoms with van der Waals surface area (Å²) in [6.07, 6.45) is 0.440. The van der Waals surface area contributed by atoms with E-state index in [1.54, 1.807) is 13.8 Å². The highest BCUT2D eigenvalue weighted by atomic mass is 16.4. The van der Waals surface area contributed by atoms with Crippen LogP contribution >= 0.6 is 0 Å². The molecule has 0 rings (SSSR count). The van der Waals surface area contributed by atoms with E-state index < -0.39 is 23.4 Å². The molecule has 0 spiro atoms. The molecular weight excluding hydrogens is 226 g/mol. The largest absolute Gasteiger partial charge is 0.480 e. The van der Waals surface area contributed by atoms with Gasteiger partial charge in [0.2, 0.25) is 5.91 Å². The second-order valence-electron chi connectivity index (χ2n) is 3.79. The molecule has 1 unspecified atom stereocenters. The lowest BCUT2D eigenvalue weighted by Crippen LogP contribution is -2.50. The molecule has 17 heavy (non-hydrogen) atoms.